The van der Waals surface area contributed by atoms with E-state index in [0.29, 0.717) is 28.9 Å². The minimum Gasteiger partial charge on any atom is -0.444 e. The molecule has 2 aromatic rings. The third-order valence-corrected chi connectivity index (χ3v) is 3.73. The molecule has 6 heteroatoms. The summed E-state index contributed by atoms with van der Waals surface area (Å²) in [5, 5.41) is 5.41. The molecule has 2 rings (SSSR count). The standard InChI is InChI=1S/C22H26N2O4/c1-5-9-19(25)15-10-8-11-16(14-15)20(26)23-17-12-6-7-13-18(17)24-21(27)28-22(2,3)4/h6-8,10-14H,5,9H2,1-4H3,(H,23,26)(H,24,27). The summed E-state index contributed by atoms with van der Waals surface area (Å²) in [4.78, 5) is 36.8. The van der Waals surface area contributed by atoms with Gasteiger partial charge in [-0.15, -0.1) is 0 Å². The second kappa shape index (κ2) is 9.17. The van der Waals surface area contributed by atoms with Crippen molar-refractivity contribution >= 4 is 29.2 Å². The number of para-hydroxylation sites is 2. The number of amides is 2. The fourth-order valence-corrected chi connectivity index (χ4v) is 2.51. The summed E-state index contributed by atoms with van der Waals surface area (Å²) >= 11 is 0. The third-order valence-electron chi connectivity index (χ3n) is 3.73. The maximum absolute atomic E-state index is 12.6. The number of benzene rings is 2. The Hall–Kier alpha value is -3.15. The number of ether oxygens (including phenoxy) is 1. The summed E-state index contributed by atoms with van der Waals surface area (Å²) in [6.45, 7) is 7.25. The predicted molar refractivity (Wildman–Crippen MR) is 110 cm³/mol. The van der Waals surface area contributed by atoms with Crippen LogP contribution >= 0.6 is 0 Å². The molecule has 0 saturated carbocycles. The van der Waals surface area contributed by atoms with Gasteiger partial charge in [0.1, 0.15) is 5.60 Å². The van der Waals surface area contributed by atoms with Gasteiger partial charge >= 0.3 is 6.09 Å². The van der Waals surface area contributed by atoms with E-state index in [4.69, 9.17) is 4.74 Å². The van der Waals surface area contributed by atoms with E-state index in [1.165, 1.54) is 0 Å². The van der Waals surface area contributed by atoms with Crippen LogP contribution in [0.2, 0.25) is 0 Å². The topological polar surface area (TPSA) is 84.5 Å². The van der Waals surface area contributed by atoms with Gasteiger partial charge in [0.05, 0.1) is 11.4 Å². The van der Waals surface area contributed by atoms with Gasteiger partial charge in [-0.2, -0.15) is 0 Å². The number of carbonyl (C=O) groups is 3. The molecule has 0 unspecified atom stereocenters. The van der Waals surface area contributed by atoms with Gasteiger partial charge in [-0.05, 0) is 51.5 Å². The molecule has 0 spiro atoms. The molecule has 148 valence electrons. The molecule has 2 aromatic carbocycles. The van der Waals surface area contributed by atoms with E-state index in [-0.39, 0.29) is 11.7 Å². The summed E-state index contributed by atoms with van der Waals surface area (Å²) < 4.78 is 5.25. The number of ketones is 1. The van der Waals surface area contributed by atoms with Gasteiger partial charge < -0.3 is 10.1 Å². The van der Waals surface area contributed by atoms with E-state index in [9.17, 15) is 14.4 Å². The minimum absolute atomic E-state index is 0.00384. The molecule has 0 aliphatic heterocycles. The predicted octanol–water partition coefficient (Wildman–Crippen LogP) is 5.27. The van der Waals surface area contributed by atoms with Crippen molar-refractivity contribution in [1.29, 1.82) is 0 Å². The average Bonchev–Trinajstić information content (AvgIpc) is 2.62. The maximum Gasteiger partial charge on any atom is 0.412 e. The highest BCUT2D eigenvalue weighted by atomic mass is 16.6. The van der Waals surface area contributed by atoms with Crippen molar-refractivity contribution in [3.8, 4) is 0 Å². The first-order chi connectivity index (χ1) is 13.2. The van der Waals surface area contributed by atoms with Crippen LogP contribution in [0.25, 0.3) is 0 Å². The summed E-state index contributed by atoms with van der Waals surface area (Å²) in [6, 6.07) is 13.4. The average molecular weight is 382 g/mol. The van der Waals surface area contributed by atoms with Crippen LogP contribution in [0.3, 0.4) is 0 Å². The molecule has 6 nitrogen and oxygen atoms in total. The zero-order valence-corrected chi connectivity index (χ0v) is 16.7. The van der Waals surface area contributed by atoms with Gasteiger partial charge in [0.25, 0.3) is 5.91 Å². The quantitative estimate of drug-likeness (QED) is 0.667. The highest BCUT2D eigenvalue weighted by molar-refractivity contribution is 6.08. The second-order valence-corrected chi connectivity index (χ2v) is 7.38. The monoisotopic (exact) mass is 382 g/mol. The van der Waals surface area contributed by atoms with Crippen LogP contribution in [0.4, 0.5) is 16.2 Å². The third kappa shape index (κ3) is 6.23. The summed E-state index contributed by atoms with van der Waals surface area (Å²) in [6.07, 6.45) is 0.577. The smallest absolute Gasteiger partial charge is 0.412 e. The lowest BCUT2D eigenvalue weighted by Crippen LogP contribution is -2.27. The molecule has 0 fully saturated rings. The lowest BCUT2D eigenvalue weighted by Gasteiger charge is -2.20. The van der Waals surface area contributed by atoms with Crippen molar-refractivity contribution in [3.05, 3.63) is 59.7 Å². The van der Waals surface area contributed by atoms with E-state index in [0.717, 1.165) is 6.42 Å². The Morgan fingerprint density at radius 1 is 0.893 bits per heavy atom. The van der Waals surface area contributed by atoms with Crippen LogP contribution < -0.4 is 10.6 Å². The lowest BCUT2D eigenvalue weighted by molar-refractivity contribution is 0.0635. The zero-order valence-electron chi connectivity index (χ0n) is 16.7. The van der Waals surface area contributed by atoms with Gasteiger partial charge in [-0.3, -0.25) is 14.9 Å². The van der Waals surface area contributed by atoms with E-state index in [1.54, 1.807) is 69.3 Å². The Balaban J connectivity index is 2.16. The van der Waals surface area contributed by atoms with E-state index >= 15 is 0 Å². The number of carbonyl (C=O) groups excluding carboxylic acids is 3. The van der Waals surface area contributed by atoms with Crippen molar-refractivity contribution in [1.82, 2.24) is 0 Å². The normalized spacial score (nSPS) is 10.9. The Morgan fingerprint density at radius 3 is 2.11 bits per heavy atom. The first-order valence-corrected chi connectivity index (χ1v) is 9.23. The summed E-state index contributed by atoms with van der Waals surface area (Å²) in [7, 11) is 0. The Labute approximate surface area is 165 Å². The largest absolute Gasteiger partial charge is 0.444 e. The minimum atomic E-state index is -0.631. The van der Waals surface area contributed by atoms with Crippen molar-refractivity contribution in [2.24, 2.45) is 0 Å². The van der Waals surface area contributed by atoms with Gasteiger partial charge in [0.15, 0.2) is 5.78 Å². The van der Waals surface area contributed by atoms with Crippen molar-refractivity contribution in [2.45, 2.75) is 46.1 Å². The fraction of sp³-hybridized carbons (Fsp3) is 0.318. The number of nitrogens with one attached hydrogen (secondary N) is 2. The van der Waals surface area contributed by atoms with E-state index < -0.39 is 11.7 Å². The highest BCUT2D eigenvalue weighted by Crippen LogP contribution is 2.23. The Kier molecular flexibility index (Phi) is 6.93. The molecule has 0 heterocycles. The van der Waals surface area contributed by atoms with Crippen LogP contribution in [-0.2, 0) is 4.74 Å². The molecule has 0 radical (unpaired) electrons. The molecule has 0 aromatic heterocycles. The summed E-state index contributed by atoms with van der Waals surface area (Å²) in [5.74, 6) is -0.367. The van der Waals surface area contributed by atoms with Crippen LogP contribution in [0.15, 0.2) is 48.5 Å². The van der Waals surface area contributed by atoms with Crippen LogP contribution in [-0.4, -0.2) is 23.4 Å². The van der Waals surface area contributed by atoms with Gasteiger partial charge in [0.2, 0.25) is 0 Å². The van der Waals surface area contributed by atoms with Crippen LogP contribution in [0.1, 0.15) is 61.3 Å². The summed E-state index contributed by atoms with van der Waals surface area (Å²) in [5.41, 5.74) is 1.10. The van der Waals surface area contributed by atoms with Crippen LogP contribution in [0, 0.1) is 0 Å². The lowest BCUT2D eigenvalue weighted by atomic mass is 10.0. The van der Waals surface area contributed by atoms with Crippen molar-refractivity contribution in [2.75, 3.05) is 10.6 Å². The van der Waals surface area contributed by atoms with Crippen molar-refractivity contribution in [3.63, 3.8) is 0 Å². The van der Waals surface area contributed by atoms with Crippen molar-refractivity contribution < 1.29 is 19.1 Å². The molecule has 2 N–H and O–H groups in total. The maximum atomic E-state index is 12.6. The number of hydrogen-bond acceptors (Lipinski definition) is 4. The van der Waals surface area contributed by atoms with Gasteiger partial charge in [-0.1, -0.05) is 31.2 Å². The molecule has 0 atom stereocenters. The van der Waals surface area contributed by atoms with Gasteiger partial charge in [-0.25, -0.2) is 4.79 Å². The molecule has 0 saturated heterocycles. The first-order valence-electron chi connectivity index (χ1n) is 9.23. The second-order valence-electron chi connectivity index (χ2n) is 7.38. The molecular weight excluding hydrogens is 356 g/mol. The Morgan fingerprint density at radius 2 is 1.50 bits per heavy atom. The fourth-order valence-electron chi connectivity index (χ4n) is 2.51. The van der Waals surface area contributed by atoms with E-state index in [1.807, 2.05) is 6.92 Å². The number of hydrogen-bond donors (Lipinski definition) is 2. The molecule has 0 aliphatic carbocycles. The number of Topliss-reactive ketones (excluding diaryl/α,β-unsaturated/α-hetero) is 1. The number of rotatable bonds is 6. The highest BCUT2D eigenvalue weighted by Gasteiger charge is 2.18. The first kappa shape index (κ1) is 21.2. The molecular formula is C22H26N2O4. The zero-order chi connectivity index (χ0) is 20.7. The number of anilines is 2. The SMILES string of the molecule is CCCC(=O)c1cccc(C(=O)Nc2ccccc2NC(=O)OC(C)(C)C)c1. The molecule has 28 heavy (non-hydrogen) atoms. The molecule has 0 aliphatic rings. The Bertz CT molecular complexity index is 869. The van der Waals surface area contributed by atoms with Gasteiger partial charge in [0, 0.05) is 17.5 Å². The van der Waals surface area contributed by atoms with E-state index in [2.05, 4.69) is 10.6 Å². The molecule has 2 amide bonds. The van der Waals surface area contributed by atoms with Crippen LogP contribution in [0.5, 0.6) is 0 Å². The molecule has 0 bridgehead atoms.